The molecule has 0 amide bonds. The molecule has 14 heavy (non-hydrogen) atoms. The zero-order valence-electron chi connectivity index (χ0n) is 7.15. The van der Waals surface area contributed by atoms with Crippen molar-refractivity contribution in [1.29, 1.82) is 0 Å². The average Bonchev–Trinajstić information content (AvgIpc) is 2.08. The van der Waals surface area contributed by atoms with Crippen LogP contribution in [0.1, 0.15) is 15.9 Å². The Morgan fingerprint density at radius 2 is 2.07 bits per heavy atom. The first-order chi connectivity index (χ1) is 6.43. The Morgan fingerprint density at radius 3 is 2.50 bits per heavy atom. The van der Waals surface area contributed by atoms with Gasteiger partial charge in [0, 0.05) is 4.47 Å². The van der Waals surface area contributed by atoms with E-state index in [4.69, 9.17) is 9.66 Å². The molecule has 6 heteroatoms. The molecule has 2 N–H and O–H groups in total. The van der Waals surface area contributed by atoms with Gasteiger partial charge in [0.25, 0.3) is 0 Å². The standard InChI is InChI=1S/C8H7BrO4S/c1-4-2-5(8(10)11)3-6(7(4)9)14(12)13/h2-3H,1H3,(H,10,11)(H,12,13). The molecule has 1 rings (SSSR count). The van der Waals surface area contributed by atoms with Gasteiger partial charge in [0.15, 0.2) is 11.1 Å². The van der Waals surface area contributed by atoms with Gasteiger partial charge in [-0.25, -0.2) is 9.00 Å². The van der Waals surface area contributed by atoms with Crippen molar-refractivity contribution in [2.24, 2.45) is 0 Å². The van der Waals surface area contributed by atoms with E-state index in [9.17, 15) is 9.00 Å². The average molecular weight is 279 g/mol. The van der Waals surface area contributed by atoms with Gasteiger partial charge in [0.2, 0.25) is 0 Å². The molecule has 0 aliphatic heterocycles. The molecule has 0 heterocycles. The highest BCUT2D eigenvalue weighted by molar-refractivity contribution is 9.10. The van der Waals surface area contributed by atoms with Crippen LogP contribution in [0, 0.1) is 6.92 Å². The van der Waals surface area contributed by atoms with Crippen molar-refractivity contribution in [2.75, 3.05) is 0 Å². The summed E-state index contributed by atoms with van der Waals surface area (Å²) in [6, 6.07) is 2.61. The predicted molar refractivity (Wildman–Crippen MR) is 54.9 cm³/mol. The molecule has 4 nitrogen and oxygen atoms in total. The fourth-order valence-corrected chi connectivity index (χ4v) is 2.17. The van der Waals surface area contributed by atoms with Crippen LogP contribution in [0.25, 0.3) is 0 Å². The van der Waals surface area contributed by atoms with Crippen molar-refractivity contribution >= 4 is 33.0 Å². The Labute approximate surface area is 91.4 Å². The molecular formula is C8H7BrO4S. The second-order valence-electron chi connectivity index (χ2n) is 2.66. The van der Waals surface area contributed by atoms with E-state index >= 15 is 0 Å². The first-order valence-corrected chi connectivity index (χ1v) is 5.47. The van der Waals surface area contributed by atoms with Crippen molar-refractivity contribution in [3.8, 4) is 0 Å². The van der Waals surface area contributed by atoms with Crippen molar-refractivity contribution < 1.29 is 18.7 Å². The van der Waals surface area contributed by atoms with Gasteiger partial charge in [-0.15, -0.1) is 0 Å². The fourth-order valence-electron chi connectivity index (χ4n) is 0.988. The molecule has 1 aromatic rings. The maximum atomic E-state index is 10.8. The van der Waals surface area contributed by atoms with Gasteiger partial charge in [0.1, 0.15) is 0 Å². The second kappa shape index (κ2) is 4.20. The molecule has 1 unspecified atom stereocenters. The van der Waals surface area contributed by atoms with Crippen molar-refractivity contribution in [2.45, 2.75) is 11.8 Å². The molecule has 0 spiro atoms. The molecule has 0 aromatic heterocycles. The maximum absolute atomic E-state index is 10.8. The lowest BCUT2D eigenvalue weighted by atomic mass is 10.1. The Kier molecular flexibility index (Phi) is 3.41. The molecule has 0 aliphatic rings. The van der Waals surface area contributed by atoms with Gasteiger partial charge in [0.05, 0.1) is 10.5 Å². The van der Waals surface area contributed by atoms with E-state index in [-0.39, 0.29) is 10.5 Å². The number of aromatic carboxylic acids is 1. The fraction of sp³-hybridized carbons (Fsp3) is 0.125. The van der Waals surface area contributed by atoms with E-state index in [2.05, 4.69) is 15.9 Å². The SMILES string of the molecule is Cc1cc(C(=O)O)cc(S(=O)O)c1Br. The lowest BCUT2D eigenvalue weighted by molar-refractivity contribution is 0.0696. The lowest BCUT2D eigenvalue weighted by Gasteiger charge is -2.05. The van der Waals surface area contributed by atoms with Crippen molar-refractivity contribution in [3.63, 3.8) is 0 Å². The van der Waals surface area contributed by atoms with Crippen molar-refractivity contribution in [3.05, 3.63) is 27.7 Å². The van der Waals surface area contributed by atoms with Crippen molar-refractivity contribution in [1.82, 2.24) is 0 Å². The highest BCUT2D eigenvalue weighted by Gasteiger charge is 2.13. The van der Waals surface area contributed by atoms with Crippen LogP contribution in [0.3, 0.4) is 0 Å². The quantitative estimate of drug-likeness (QED) is 0.812. The number of carboxylic acid groups (broad SMARTS) is 1. The zero-order valence-corrected chi connectivity index (χ0v) is 9.55. The Hall–Kier alpha value is -0.720. The molecule has 0 aliphatic carbocycles. The minimum Gasteiger partial charge on any atom is -0.478 e. The minimum absolute atomic E-state index is 0.00287. The van der Waals surface area contributed by atoms with E-state index in [0.29, 0.717) is 10.0 Å². The first kappa shape index (κ1) is 11.4. The smallest absolute Gasteiger partial charge is 0.335 e. The Balaban J connectivity index is 3.43. The molecule has 0 saturated carbocycles. The predicted octanol–water partition coefficient (Wildman–Crippen LogP) is 2.04. The van der Waals surface area contributed by atoms with Crippen LogP contribution >= 0.6 is 15.9 Å². The van der Waals surface area contributed by atoms with Crippen LogP contribution in [0.2, 0.25) is 0 Å². The summed E-state index contributed by atoms with van der Waals surface area (Å²) in [6.07, 6.45) is 0. The third-order valence-electron chi connectivity index (χ3n) is 1.66. The summed E-state index contributed by atoms with van der Waals surface area (Å²) in [6.45, 7) is 1.66. The van der Waals surface area contributed by atoms with Gasteiger partial charge in [-0.1, -0.05) is 0 Å². The third-order valence-corrected chi connectivity index (χ3v) is 3.67. The number of hydrogen-bond acceptors (Lipinski definition) is 2. The number of carbonyl (C=O) groups is 1. The van der Waals surface area contributed by atoms with E-state index < -0.39 is 17.0 Å². The molecule has 0 radical (unpaired) electrons. The van der Waals surface area contributed by atoms with Crippen LogP contribution in [0.15, 0.2) is 21.5 Å². The summed E-state index contributed by atoms with van der Waals surface area (Å²) in [5.74, 6) is -1.12. The summed E-state index contributed by atoms with van der Waals surface area (Å²) >= 11 is 0.930. The highest BCUT2D eigenvalue weighted by Crippen LogP contribution is 2.25. The number of halogens is 1. The maximum Gasteiger partial charge on any atom is 0.335 e. The summed E-state index contributed by atoms with van der Waals surface area (Å²) in [5, 5.41) is 8.71. The van der Waals surface area contributed by atoms with Gasteiger partial charge < -0.3 is 9.66 Å². The molecule has 0 fully saturated rings. The van der Waals surface area contributed by atoms with Gasteiger partial charge in [-0.2, -0.15) is 0 Å². The third kappa shape index (κ3) is 2.20. The van der Waals surface area contributed by atoms with Crippen LogP contribution in [0.4, 0.5) is 0 Å². The molecule has 1 atom stereocenters. The largest absolute Gasteiger partial charge is 0.478 e. The highest BCUT2D eigenvalue weighted by atomic mass is 79.9. The van der Waals surface area contributed by atoms with Crippen LogP contribution in [-0.4, -0.2) is 19.8 Å². The summed E-state index contributed by atoms with van der Waals surface area (Å²) < 4.78 is 20.2. The zero-order chi connectivity index (χ0) is 10.9. The number of carboxylic acids is 1. The minimum atomic E-state index is -2.19. The Bertz CT molecular complexity index is 416. The van der Waals surface area contributed by atoms with Gasteiger partial charge in [-0.05, 0) is 40.5 Å². The van der Waals surface area contributed by atoms with E-state index in [0.717, 1.165) is 0 Å². The van der Waals surface area contributed by atoms with Crippen LogP contribution < -0.4 is 0 Å². The topological polar surface area (TPSA) is 74.6 Å². The summed E-state index contributed by atoms with van der Waals surface area (Å²) in [4.78, 5) is 10.7. The lowest BCUT2D eigenvalue weighted by Crippen LogP contribution is -2.01. The van der Waals surface area contributed by atoms with Gasteiger partial charge in [-0.3, -0.25) is 0 Å². The first-order valence-electron chi connectivity index (χ1n) is 3.57. The molecule has 0 saturated heterocycles. The Morgan fingerprint density at radius 1 is 1.50 bits per heavy atom. The number of benzene rings is 1. The normalized spacial score (nSPS) is 12.5. The van der Waals surface area contributed by atoms with Gasteiger partial charge >= 0.3 is 5.97 Å². The van der Waals surface area contributed by atoms with Crippen LogP contribution in [-0.2, 0) is 11.1 Å². The molecular weight excluding hydrogens is 272 g/mol. The summed E-state index contributed by atoms with van der Waals surface area (Å²) in [5.41, 5.74) is 0.616. The number of aryl methyl sites for hydroxylation is 1. The molecule has 0 bridgehead atoms. The monoisotopic (exact) mass is 278 g/mol. The van der Waals surface area contributed by atoms with E-state index in [1.165, 1.54) is 12.1 Å². The van der Waals surface area contributed by atoms with E-state index in [1.54, 1.807) is 6.92 Å². The molecule has 76 valence electrons. The molecule has 1 aromatic carbocycles. The number of hydrogen-bond donors (Lipinski definition) is 2. The van der Waals surface area contributed by atoms with Crippen LogP contribution in [0.5, 0.6) is 0 Å². The second-order valence-corrected chi connectivity index (χ2v) is 4.39. The van der Waals surface area contributed by atoms with E-state index in [1.807, 2.05) is 0 Å². The number of rotatable bonds is 2. The summed E-state index contributed by atoms with van der Waals surface area (Å²) in [7, 11) is 0.